The fraction of sp³-hybridized carbons (Fsp3) is 0.533. The lowest BCUT2D eigenvalue weighted by molar-refractivity contribution is 0.0167. The second-order valence-electron chi connectivity index (χ2n) is 5.52. The van der Waals surface area contributed by atoms with E-state index in [2.05, 4.69) is 10.6 Å². The van der Waals surface area contributed by atoms with Crippen LogP contribution in [0.1, 0.15) is 42.5 Å². The van der Waals surface area contributed by atoms with Crippen molar-refractivity contribution in [1.29, 1.82) is 0 Å². The van der Waals surface area contributed by atoms with E-state index in [-0.39, 0.29) is 5.91 Å². The van der Waals surface area contributed by atoms with Gasteiger partial charge in [0, 0.05) is 19.2 Å². The van der Waals surface area contributed by atoms with Crippen molar-refractivity contribution < 1.29 is 9.90 Å². The first-order chi connectivity index (χ1) is 9.54. The molecule has 1 saturated carbocycles. The number of nitrogens with two attached hydrogens (primary N) is 1. The van der Waals surface area contributed by atoms with E-state index in [9.17, 15) is 9.90 Å². The van der Waals surface area contributed by atoms with E-state index in [0.717, 1.165) is 31.4 Å². The zero-order valence-electron chi connectivity index (χ0n) is 11.9. The van der Waals surface area contributed by atoms with Gasteiger partial charge >= 0.3 is 0 Å². The average Bonchev–Trinajstić information content (AvgIpc) is 2.46. The summed E-state index contributed by atoms with van der Waals surface area (Å²) in [4.78, 5) is 11.5. The van der Waals surface area contributed by atoms with Gasteiger partial charge in [0.15, 0.2) is 0 Å². The van der Waals surface area contributed by atoms with Crippen LogP contribution in [0.15, 0.2) is 18.2 Å². The topological polar surface area (TPSA) is 87.4 Å². The van der Waals surface area contributed by atoms with Crippen molar-refractivity contribution in [2.45, 2.75) is 37.7 Å². The molecule has 0 heterocycles. The van der Waals surface area contributed by atoms with Gasteiger partial charge < -0.3 is 21.5 Å². The summed E-state index contributed by atoms with van der Waals surface area (Å²) in [7, 11) is 1.59. The summed E-state index contributed by atoms with van der Waals surface area (Å²) < 4.78 is 0. The highest BCUT2D eigenvalue weighted by atomic mass is 16.3. The number of hydrogen-bond donors (Lipinski definition) is 4. The third-order valence-corrected chi connectivity index (χ3v) is 3.93. The van der Waals surface area contributed by atoms with Crippen molar-refractivity contribution in [3.8, 4) is 0 Å². The van der Waals surface area contributed by atoms with Crippen LogP contribution in [0.2, 0.25) is 0 Å². The molecule has 2 rings (SSSR count). The third kappa shape index (κ3) is 3.42. The van der Waals surface area contributed by atoms with Crippen LogP contribution in [0.3, 0.4) is 0 Å². The van der Waals surface area contributed by atoms with Gasteiger partial charge in [-0.3, -0.25) is 4.79 Å². The predicted octanol–water partition coefficient (Wildman–Crippen LogP) is 1.74. The van der Waals surface area contributed by atoms with Crippen molar-refractivity contribution >= 4 is 17.3 Å². The van der Waals surface area contributed by atoms with Crippen LogP contribution >= 0.6 is 0 Å². The summed E-state index contributed by atoms with van der Waals surface area (Å²) in [5, 5.41) is 16.2. The van der Waals surface area contributed by atoms with Crippen molar-refractivity contribution in [3.05, 3.63) is 23.8 Å². The number of anilines is 2. The molecule has 0 bridgehead atoms. The van der Waals surface area contributed by atoms with Gasteiger partial charge in [0.05, 0.1) is 17.0 Å². The molecule has 5 heteroatoms. The Bertz CT molecular complexity index is 482. The maximum Gasteiger partial charge on any atom is 0.251 e. The molecule has 0 unspecified atom stereocenters. The lowest BCUT2D eigenvalue weighted by atomic mass is 9.85. The number of hydrogen-bond acceptors (Lipinski definition) is 4. The number of carbonyl (C=O) groups is 1. The summed E-state index contributed by atoms with van der Waals surface area (Å²) in [6.07, 6.45) is 5.00. The Kier molecular flexibility index (Phi) is 4.49. The van der Waals surface area contributed by atoms with Crippen molar-refractivity contribution in [1.82, 2.24) is 5.32 Å². The van der Waals surface area contributed by atoms with Gasteiger partial charge in [-0.2, -0.15) is 0 Å². The van der Waals surface area contributed by atoms with E-state index in [0.29, 0.717) is 17.8 Å². The highest BCUT2D eigenvalue weighted by molar-refractivity contribution is 5.95. The number of nitrogen functional groups attached to an aromatic ring is 1. The van der Waals surface area contributed by atoms with E-state index >= 15 is 0 Å². The zero-order valence-corrected chi connectivity index (χ0v) is 11.9. The molecule has 0 aliphatic heterocycles. The Morgan fingerprint density at radius 2 is 2.05 bits per heavy atom. The SMILES string of the molecule is CNC(=O)c1ccc(NCC2(O)CCCCC2)c(N)c1. The number of amides is 1. The fourth-order valence-corrected chi connectivity index (χ4v) is 2.66. The molecule has 5 N–H and O–H groups in total. The number of aliphatic hydroxyl groups is 1. The molecule has 0 aromatic heterocycles. The van der Waals surface area contributed by atoms with Crippen LogP contribution < -0.4 is 16.4 Å². The first kappa shape index (κ1) is 14.7. The molecule has 0 radical (unpaired) electrons. The van der Waals surface area contributed by atoms with E-state index < -0.39 is 5.60 Å². The molecule has 5 nitrogen and oxygen atoms in total. The molecule has 0 saturated heterocycles. The van der Waals surface area contributed by atoms with Crippen LogP contribution in [-0.2, 0) is 0 Å². The average molecular weight is 277 g/mol. The van der Waals surface area contributed by atoms with Gasteiger partial charge in [-0.1, -0.05) is 19.3 Å². The maximum absolute atomic E-state index is 11.5. The number of rotatable bonds is 4. The lowest BCUT2D eigenvalue weighted by Crippen LogP contribution is -2.38. The van der Waals surface area contributed by atoms with Crippen molar-refractivity contribution in [2.24, 2.45) is 0 Å². The molecule has 1 aromatic rings. The molecule has 1 aliphatic rings. The standard InChI is InChI=1S/C15H23N3O2/c1-17-14(19)11-5-6-13(12(16)9-11)18-10-15(20)7-3-2-4-8-15/h5-6,9,18,20H,2-4,7-8,10,16H2,1H3,(H,17,19). The molecule has 1 aromatic carbocycles. The quantitative estimate of drug-likeness (QED) is 0.631. The minimum Gasteiger partial charge on any atom is -0.397 e. The summed E-state index contributed by atoms with van der Waals surface area (Å²) in [6, 6.07) is 5.15. The Balaban J connectivity index is 2.01. The van der Waals surface area contributed by atoms with E-state index in [1.807, 2.05) is 0 Å². The number of benzene rings is 1. The molecule has 0 atom stereocenters. The second kappa shape index (κ2) is 6.13. The van der Waals surface area contributed by atoms with Crippen molar-refractivity contribution in [2.75, 3.05) is 24.6 Å². The fourth-order valence-electron chi connectivity index (χ4n) is 2.66. The summed E-state index contributed by atoms with van der Waals surface area (Å²) in [6.45, 7) is 0.497. The van der Waals surface area contributed by atoms with Gasteiger partial charge in [0.25, 0.3) is 5.91 Å². The summed E-state index contributed by atoms with van der Waals surface area (Å²) in [5.74, 6) is -0.158. The third-order valence-electron chi connectivity index (χ3n) is 3.93. The smallest absolute Gasteiger partial charge is 0.251 e. The van der Waals surface area contributed by atoms with Crippen LogP contribution in [-0.4, -0.2) is 30.2 Å². The lowest BCUT2D eigenvalue weighted by Gasteiger charge is -2.32. The van der Waals surface area contributed by atoms with Crippen LogP contribution in [0, 0.1) is 0 Å². The molecular weight excluding hydrogens is 254 g/mol. The van der Waals surface area contributed by atoms with Crippen LogP contribution in [0.4, 0.5) is 11.4 Å². The zero-order chi connectivity index (χ0) is 14.6. The number of nitrogens with one attached hydrogen (secondary N) is 2. The Morgan fingerprint density at radius 1 is 1.35 bits per heavy atom. The molecule has 1 fully saturated rings. The van der Waals surface area contributed by atoms with E-state index in [1.54, 1.807) is 25.2 Å². The largest absolute Gasteiger partial charge is 0.397 e. The first-order valence-corrected chi connectivity index (χ1v) is 7.12. The minimum atomic E-state index is -0.635. The summed E-state index contributed by atoms with van der Waals surface area (Å²) in [5.41, 5.74) is 7.13. The highest BCUT2D eigenvalue weighted by Gasteiger charge is 2.28. The van der Waals surface area contributed by atoms with Crippen LogP contribution in [0.25, 0.3) is 0 Å². The molecule has 0 spiro atoms. The predicted molar refractivity (Wildman–Crippen MR) is 80.8 cm³/mol. The van der Waals surface area contributed by atoms with Gasteiger partial charge in [0.1, 0.15) is 0 Å². The molecule has 1 aliphatic carbocycles. The molecular formula is C15H23N3O2. The van der Waals surface area contributed by atoms with Gasteiger partial charge in [-0.25, -0.2) is 0 Å². The molecule has 20 heavy (non-hydrogen) atoms. The monoisotopic (exact) mass is 277 g/mol. The second-order valence-corrected chi connectivity index (χ2v) is 5.52. The molecule has 1 amide bonds. The normalized spacial score (nSPS) is 17.5. The van der Waals surface area contributed by atoms with Gasteiger partial charge in [-0.15, -0.1) is 0 Å². The van der Waals surface area contributed by atoms with Gasteiger partial charge in [-0.05, 0) is 31.0 Å². The highest BCUT2D eigenvalue weighted by Crippen LogP contribution is 2.29. The minimum absolute atomic E-state index is 0.158. The summed E-state index contributed by atoms with van der Waals surface area (Å²) >= 11 is 0. The van der Waals surface area contributed by atoms with E-state index in [4.69, 9.17) is 5.73 Å². The Hall–Kier alpha value is -1.75. The number of carbonyl (C=O) groups excluding carboxylic acids is 1. The maximum atomic E-state index is 11.5. The Labute approximate surface area is 119 Å². The van der Waals surface area contributed by atoms with E-state index in [1.165, 1.54) is 6.42 Å². The van der Waals surface area contributed by atoms with Gasteiger partial charge in [0.2, 0.25) is 0 Å². The van der Waals surface area contributed by atoms with Crippen molar-refractivity contribution in [3.63, 3.8) is 0 Å². The Morgan fingerprint density at radius 3 is 2.65 bits per heavy atom. The first-order valence-electron chi connectivity index (χ1n) is 7.12. The molecule has 110 valence electrons. The van der Waals surface area contributed by atoms with Crippen LogP contribution in [0.5, 0.6) is 0 Å².